The molecule has 0 saturated carbocycles. The molecule has 0 unspecified atom stereocenters. The Bertz CT molecular complexity index is 361. The van der Waals surface area contributed by atoms with Crippen molar-refractivity contribution in [3.63, 3.8) is 0 Å². The van der Waals surface area contributed by atoms with Crippen molar-refractivity contribution in [1.82, 2.24) is 10.3 Å². The van der Waals surface area contributed by atoms with Gasteiger partial charge < -0.3 is 10.2 Å². The molecule has 3 nitrogen and oxygen atoms in total. The Hall–Kier alpha value is -1.09. The minimum atomic E-state index is 0.657. The second-order valence-corrected chi connectivity index (χ2v) is 5.14. The van der Waals surface area contributed by atoms with E-state index < -0.39 is 0 Å². The first-order chi connectivity index (χ1) is 8.60. The normalized spacial score (nSPS) is 11.0. The molecule has 1 aromatic rings. The first kappa shape index (κ1) is 15.0. The summed E-state index contributed by atoms with van der Waals surface area (Å²) in [5, 5.41) is 3.21. The lowest BCUT2D eigenvalue weighted by Crippen LogP contribution is -2.28. The second-order valence-electron chi connectivity index (χ2n) is 5.14. The number of aryl methyl sites for hydroxylation is 1. The number of rotatable bonds is 7. The van der Waals surface area contributed by atoms with Gasteiger partial charge in [0.05, 0.1) is 0 Å². The Morgan fingerprint density at radius 3 is 2.50 bits per heavy atom. The predicted molar refractivity (Wildman–Crippen MR) is 79.1 cm³/mol. The van der Waals surface area contributed by atoms with Gasteiger partial charge in [-0.05, 0) is 44.0 Å². The van der Waals surface area contributed by atoms with Crippen LogP contribution in [0.1, 0.15) is 39.0 Å². The lowest BCUT2D eigenvalue weighted by Gasteiger charge is -2.25. The number of anilines is 1. The van der Waals surface area contributed by atoms with Gasteiger partial charge in [0, 0.05) is 25.3 Å². The van der Waals surface area contributed by atoms with E-state index in [0.717, 1.165) is 31.9 Å². The number of pyridine rings is 1. The molecule has 1 aromatic heterocycles. The van der Waals surface area contributed by atoms with Crippen molar-refractivity contribution in [1.29, 1.82) is 0 Å². The van der Waals surface area contributed by atoms with E-state index in [2.05, 4.69) is 50.0 Å². The fourth-order valence-electron chi connectivity index (χ4n) is 2.11. The molecule has 0 radical (unpaired) electrons. The quantitative estimate of drug-likeness (QED) is 0.805. The molecular weight excluding hydrogens is 222 g/mol. The first-order valence-electron chi connectivity index (χ1n) is 7.00. The molecule has 0 aliphatic heterocycles. The third-order valence-corrected chi connectivity index (χ3v) is 2.96. The van der Waals surface area contributed by atoms with Crippen molar-refractivity contribution >= 4 is 5.82 Å². The number of hydrogen-bond donors (Lipinski definition) is 1. The fourth-order valence-corrected chi connectivity index (χ4v) is 2.11. The van der Waals surface area contributed by atoms with Gasteiger partial charge in [0.2, 0.25) is 0 Å². The third kappa shape index (κ3) is 4.30. The fraction of sp³-hybridized carbons (Fsp3) is 0.667. The number of nitrogens with one attached hydrogen (secondary N) is 1. The van der Waals surface area contributed by atoms with Crippen LogP contribution in [0.25, 0.3) is 0 Å². The van der Waals surface area contributed by atoms with Crippen LogP contribution in [-0.2, 0) is 13.0 Å². The molecule has 0 saturated heterocycles. The molecule has 1 heterocycles. The van der Waals surface area contributed by atoms with E-state index in [4.69, 9.17) is 4.98 Å². The van der Waals surface area contributed by atoms with Crippen LogP contribution in [-0.4, -0.2) is 25.1 Å². The molecule has 18 heavy (non-hydrogen) atoms. The Morgan fingerprint density at radius 1 is 1.28 bits per heavy atom. The standard InChI is InChI=1S/C15H27N3/c1-6-14-8-13(10-16-5)9-15(17-14)18(7-2)11-12(3)4/h8-9,12,16H,6-7,10-11H2,1-5H3. The van der Waals surface area contributed by atoms with Crippen molar-refractivity contribution in [3.05, 3.63) is 23.4 Å². The van der Waals surface area contributed by atoms with Gasteiger partial charge in [0.25, 0.3) is 0 Å². The molecule has 1 N–H and O–H groups in total. The molecule has 0 spiro atoms. The van der Waals surface area contributed by atoms with Crippen LogP contribution in [0.2, 0.25) is 0 Å². The Morgan fingerprint density at radius 2 is 2.00 bits per heavy atom. The molecule has 0 bridgehead atoms. The zero-order chi connectivity index (χ0) is 13.5. The number of aromatic nitrogens is 1. The Kier molecular flexibility index (Phi) is 6.13. The molecule has 0 aromatic carbocycles. The van der Waals surface area contributed by atoms with Crippen LogP contribution < -0.4 is 10.2 Å². The molecule has 3 heteroatoms. The zero-order valence-corrected chi connectivity index (χ0v) is 12.5. The average Bonchev–Trinajstić information content (AvgIpc) is 2.35. The van der Waals surface area contributed by atoms with Crippen molar-refractivity contribution in [2.45, 2.75) is 40.7 Å². The molecule has 1 rings (SSSR count). The molecule has 0 amide bonds. The summed E-state index contributed by atoms with van der Waals surface area (Å²) in [4.78, 5) is 7.12. The highest BCUT2D eigenvalue weighted by molar-refractivity contribution is 5.42. The number of nitrogens with zero attached hydrogens (tertiary/aromatic N) is 2. The third-order valence-electron chi connectivity index (χ3n) is 2.96. The molecular formula is C15H27N3. The van der Waals surface area contributed by atoms with Crippen LogP contribution in [0.3, 0.4) is 0 Å². The SMILES string of the molecule is CCc1cc(CNC)cc(N(CC)CC(C)C)n1. The van der Waals surface area contributed by atoms with E-state index >= 15 is 0 Å². The van der Waals surface area contributed by atoms with Crippen LogP contribution in [0, 0.1) is 5.92 Å². The van der Waals surface area contributed by atoms with Gasteiger partial charge in [-0.15, -0.1) is 0 Å². The maximum absolute atomic E-state index is 4.76. The Labute approximate surface area is 112 Å². The molecule has 0 fully saturated rings. The van der Waals surface area contributed by atoms with E-state index in [1.54, 1.807) is 0 Å². The lowest BCUT2D eigenvalue weighted by molar-refractivity contribution is 0.613. The smallest absolute Gasteiger partial charge is 0.129 e. The van der Waals surface area contributed by atoms with Gasteiger partial charge in [-0.25, -0.2) is 4.98 Å². The summed E-state index contributed by atoms with van der Waals surface area (Å²) in [5.41, 5.74) is 2.50. The highest BCUT2D eigenvalue weighted by atomic mass is 15.2. The van der Waals surface area contributed by atoms with E-state index in [-0.39, 0.29) is 0 Å². The van der Waals surface area contributed by atoms with Crippen molar-refractivity contribution in [2.75, 3.05) is 25.0 Å². The van der Waals surface area contributed by atoms with Crippen LogP contribution in [0.5, 0.6) is 0 Å². The highest BCUT2D eigenvalue weighted by Crippen LogP contribution is 2.17. The summed E-state index contributed by atoms with van der Waals surface area (Å²) >= 11 is 0. The topological polar surface area (TPSA) is 28.2 Å². The van der Waals surface area contributed by atoms with Gasteiger partial charge in [0.1, 0.15) is 5.82 Å². The monoisotopic (exact) mass is 249 g/mol. The Balaban J connectivity index is 3.00. The van der Waals surface area contributed by atoms with Crippen LogP contribution >= 0.6 is 0 Å². The highest BCUT2D eigenvalue weighted by Gasteiger charge is 2.10. The van der Waals surface area contributed by atoms with Gasteiger partial charge in [0.15, 0.2) is 0 Å². The summed E-state index contributed by atoms with van der Waals surface area (Å²) in [6.45, 7) is 11.8. The minimum absolute atomic E-state index is 0.657. The van der Waals surface area contributed by atoms with E-state index in [9.17, 15) is 0 Å². The van der Waals surface area contributed by atoms with Crippen molar-refractivity contribution in [2.24, 2.45) is 5.92 Å². The van der Waals surface area contributed by atoms with Gasteiger partial charge >= 0.3 is 0 Å². The predicted octanol–water partition coefficient (Wildman–Crippen LogP) is 2.85. The molecule has 0 aliphatic carbocycles. The lowest BCUT2D eigenvalue weighted by atomic mass is 10.1. The maximum atomic E-state index is 4.76. The van der Waals surface area contributed by atoms with Crippen LogP contribution in [0.15, 0.2) is 12.1 Å². The zero-order valence-electron chi connectivity index (χ0n) is 12.5. The first-order valence-corrected chi connectivity index (χ1v) is 7.00. The number of hydrogen-bond acceptors (Lipinski definition) is 3. The second kappa shape index (κ2) is 7.37. The summed E-state index contributed by atoms with van der Waals surface area (Å²) < 4.78 is 0. The molecule has 0 atom stereocenters. The largest absolute Gasteiger partial charge is 0.357 e. The van der Waals surface area contributed by atoms with Gasteiger partial charge in [-0.3, -0.25) is 0 Å². The summed E-state index contributed by atoms with van der Waals surface area (Å²) in [5.74, 6) is 1.78. The van der Waals surface area contributed by atoms with E-state index in [1.165, 1.54) is 11.3 Å². The summed E-state index contributed by atoms with van der Waals surface area (Å²) in [6, 6.07) is 4.41. The van der Waals surface area contributed by atoms with Gasteiger partial charge in [-0.1, -0.05) is 20.8 Å². The maximum Gasteiger partial charge on any atom is 0.129 e. The van der Waals surface area contributed by atoms with E-state index in [1.807, 2.05) is 7.05 Å². The van der Waals surface area contributed by atoms with Gasteiger partial charge in [-0.2, -0.15) is 0 Å². The summed E-state index contributed by atoms with van der Waals surface area (Å²) in [7, 11) is 1.98. The molecule has 0 aliphatic rings. The average molecular weight is 249 g/mol. The van der Waals surface area contributed by atoms with Crippen LogP contribution in [0.4, 0.5) is 5.82 Å². The van der Waals surface area contributed by atoms with Crippen molar-refractivity contribution < 1.29 is 0 Å². The summed E-state index contributed by atoms with van der Waals surface area (Å²) in [6.07, 6.45) is 0.990. The minimum Gasteiger partial charge on any atom is -0.357 e. The van der Waals surface area contributed by atoms with E-state index in [0.29, 0.717) is 5.92 Å². The van der Waals surface area contributed by atoms with Crippen molar-refractivity contribution in [3.8, 4) is 0 Å². The molecule has 102 valence electrons.